The predicted molar refractivity (Wildman–Crippen MR) is 120 cm³/mol. The number of carbonyl (C=O) groups is 1. The second-order valence-corrected chi connectivity index (χ2v) is 8.36. The molecule has 1 unspecified atom stereocenters. The van der Waals surface area contributed by atoms with Gasteiger partial charge in [0.2, 0.25) is 5.91 Å². The van der Waals surface area contributed by atoms with Gasteiger partial charge in [0.15, 0.2) is 10.8 Å². The summed E-state index contributed by atoms with van der Waals surface area (Å²) in [5.74, 6) is 0.170. The largest absolute Gasteiger partial charge is 0.497 e. The molecule has 0 fully saturated rings. The first-order chi connectivity index (χ1) is 15.8. The number of hydrogen-bond donors (Lipinski definition) is 1. The number of halogens is 4. The molecule has 2 heterocycles. The van der Waals surface area contributed by atoms with Gasteiger partial charge >= 0.3 is 6.18 Å². The second kappa shape index (κ2) is 9.32. The van der Waals surface area contributed by atoms with Crippen molar-refractivity contribution in [2.24, 2.45) is 0 Å². The molecule has 0 aliphatic heterocycles. The number of rotatable bonds is 6. The summed E-state index contributed by atoms with van der Waals surface area (Å²) in [5.41, 5.74) is 0.262. The van der Waals surface area contributed by atoms with Crippen LogP contribution < -0.4 is 10.1 Å². The van der Waals surface area contributed by atoms with Gasteiger partial charge in [-0.2, -0.15) is 13.2 Å². The van der Waals surface area contributed by atoms with Crippen LogP contribution in [0.3, 0.4) is 0 Å². The molecule has 2 aromatic carbocycles. The number of aromatic nitrogens is 3. The SMILES string of the molecule is COc1cccc(NC(=O)C(Sc2nnc3c(Cl)cc(C(F)(F)F)cn23)c2ccccc2)c1. The first-order valence-corrected chi connectivity index (χ1v) is 10.8. The summed E-state index contributed by atoms with van der Waals surface area (Å²) in [6.07, 6.45) is -3.74. The fourth-order valence-electron chi connectivity index (χ4n) is 3.08. The molecule has 0 saturated carbocycles. The van der Waals surface area contributed by atoms with Gasteiger partial charge in [0.1, 0.15) is 11.0 Å². The number of nitrogens with one attached hydrogen (secondary N) is 1. The number of thioether (sulfide) groups is 1. The molecule has 11 heteroatoms. The maximum Gasteiger partial charge on any atom is 0.417 e. The zero-order valence-corrected chi connectivity index (χ0v) is 18.6. The average molecular weight is 493 g/mol. The van der Waals surface area contributed by atoms with Gasteiger partial charge in [-0.05, 0) is 23.8 Å². The van der Waals surface area contributed by atoms with E-state index in [9.17, 15) is 18.0 Å². The fourth-order valence-corrected chi connectivity index (χ4v) is 4.34. The predicted octanol–water partition coefficient (Wildman–Crippen LogP) is 5.88. The smallest absolute Gasteiger partial charge is 0.417 e. The van der Waals surface area contributed by atoms with Crippen molar-refractivity contribution >= 4 is 40.6 Å². The van der Waals surface area contributed by atoms with Crippen molar-refractivity contribution in [1.82, 2.24) is 14.6 Å². The molecule has 6 nitrogen and oxygen atoms in total. The quantitative estimate of drug-likeness (QED) is 0.340. The zero-order chi connectivity index (χ0) is 23.6. The van der Waals surface area contributed by atoms with Crippen molar-refractivity contribution in [3.05, 3.63) is 83.0 Å². The van der Waals surface area contributed by atoms with E-state index in [-0.39, 0.29) is 15.8 Å². The second-order valence-electron chi connectivity index (χ2n) is 6.88. The first-order valence-electron chi connectivity index (χ1n) is 9.54. The van der Waals surface area contributed by atoms with Crippen LogP contribution in [0.2, 0.25) is 5.02 Å². The van der Waals surface area contributed by atoms with Crippen LogP contribution in [0.15, 0.2) is 72.0 Å². The topological polar surface area (TPSA) is 68.5 Å². The number of alkyl halides is 3. The van der Waals surface area contributed by atoms with E-state index in [1.807, 2.05) is 0 Å². The van der Waals surface area contributed by atoms with Crippen LogP contribution in [-0.4, -0.2) is 27.6 Å². The third kappa shape index (κ3) is 5.07. The molecule has 4 rings (SSSR count). The third-order valence-electron chi connectivity index (χ3n) is 4.66. The van der Waals surface area contributed by atoms with Crippen LogP contribution in [0.4, 0.5) is 18.9 Å². The van der Waals surface area contributed by atoms with Gasteiger partial charge in [0.05, 0.1) is 17.7 Å². The minimum Gasteiger partial charge on any atom is -0.497 e. The van der Waals surface area contributed by atoms with Crippen molar-refractivity contribution in [1.29, 1.82) is 0 Å². The summed E-state index contributed by atoms with van der Waals surface area (Å²) < 4.78 is 46.2. The highest BCUT2D eigenvalue weighted by atomic mass is 35.5. The van der Waals surface area contributed by atoms with Gasteiger partial charge in [0, 0.05) is 18.0 Å². The molecule has 2 aromatic heterocycles. The molecule has 0 spiro atoms. The molecular weight excluding hydrogens is 477 g/mol. The molecule has 0 aliphatic rings. The minimum absolute atomic E-state index is 0.0622. The van der Waals surface area contributed by atoms with Gasteiger partial charge in [-0.25, -0.2) is 0 Å². The minimum atomic E-state index is -4.60. The summed E-state index contributed by atoms with van der Waals surface area (Å²) in [5, 5.41) is 9.77. The maximum absolute atomic E-state index is 13.3. The number of hydrogen-bond acceptors (Lipinski definition) is 5. The maximum atomic E-state index is 13.3. The van der Waals surface area contributed by atoms with Crippen LogP contribution >= 0.6 is 23.4 Å². The first kappa shape index (κ1) is 22.9. The Hall–Kier alpha value is -3.24. The molecular formula is C22H16ClF3N4O2S. The van der Waals surface area contributed by atoms with E-state index in [4.69, 9.17) is 16.3 Å². The Labute approximate surface area is 195 Å². The number of fused-ring (bicyclic) bond motifs is 1. The molecule has 4 aromatic rings. The van der Waals surface area contributed by atoms with Crippen LogP contribution in [0, 0.1) is 0 Å². The van der Waals surface area contributed by atoms with E-state index in [1.54, 1.807) is 54.6 Å². The van der Waals surface area contributed by atoms with Gasteiger partial charge in [-0.15, -0.1) is 10.2 Å². The van der Waals surface area contributed by atoms with Crippen molar-refractivity contribution in [3.8, 4) is 5.75 Å². The molecule has 0 aliphatic carbocycles. The standard InChI is InChI=1S/C22H16ClF3N4O2S/c1-32-16-9-5-8-15(11-16)27-20(31)18(13-6-3-2-4-7-13)33-21-29-28-19-17(23)10-14(12-30(19)21)22(24,25)26/h2-12,18H,1H3,(H,27,31). The van der Waals surface area contributed by atoms with E-state index < -0.39 is 22.9 Å². The van der Waals surface area contributed by atoms with E-state index in [2.05, 4.69) is 15.5 Å². The number of methoxy groups -OCH3 is 1. The number of anilines is 1. The lowest BCUT2D eigenvalue weighted by atomic mass is 10.1. The molecule has 1 amide bonds. The Morgan fingerprint density at radius 2 is 1.88 bits per heavy atom. The summed E-state index contributed by atoms with van der Waals surface area (Å²) in [6, 6.07) is 16.5. The van der Waals surface area contributed by atoms with Crippen LogP contribution in [0.5, 0.6) is 5.75 Å². The summed E-state index contributed by atoms with van der Waals surface area (Å²) in [4.78, 5) is 13.2. The monoisotopic (exact) mass is 492 g/mol. The van der Waals surface area contributed by atoms with Gasteiger partial charge in [0.25, 0.3) is 0 Å². The number of amides is 1. The lowest BCUT2D eigenvalue weighted by Crippen LogP contribution is -2.19. The Morgan fingerprint density at radius 3 is 2.58 bits per heavy atom. The van der Waals surface area contributed by atoms with Crippen LogP contribution in [0.25, 0.3) is 5.65 Å². The van der Waals surface area contributed by atoms with E-state index in [0.29, 0.717) is 17.0 Å². The number of ether oxygens (including phenoxy) is 1. The molecule has 1 N–H and O–H groups in total. The van der Waals surface area contributed by atoms with Crippen molar-refractivity contribution in [2.45, 2.75) is 16.6 Å². The number of benzene rings is 2. The van der Waals surface area contributed by atoms with Crippen molar-refractivity contribution in [3.63, 3.8) is 0 Å². The number of nitrogens with zero attached hydrogens (tertiary/aromatic N) is 3. The van der Waals surface area contributed by atoms with Crippen LogP contribution in [-0.2, 0) is 11.0 Å². The highest BCUT2D eigenvalue weighted by Crippen LogP contribution is 2.38. The average Bonchev–Trinajstić information content (AvgIpc) is 3.21. The van der Waals surface area contributed by atoms with Crippen LogP contribution in [0.1, 0.15) is 16.4 Å². The van der Waals surface area contributed by atoms with Crippen molar-refractivity contribution < 1.29 is 22.7 Å². The Kier molecular flexibility index (Phi) is 6.48. The zero-order valence-electron chi connectivity index (χ0n) is 17.0. The lowest BCUT2D eigenvalue weighted by Gasteiger charge is -2.17. The molecule has 33 heavy (non-hydrogen) atoms. The molecule has 1 atom stereocenters. The molecule has 0 radical (unpaired) electrons. The number of pyridine rings is 1. The van der Waals surface area contributed by atoms with E-state index in [1.165, 1.54) is 7.11 Å². The molecule has 0 saturated heterocycles. The molecule has 0 bridgehead atoms. The van der Waals surface area contributed by atoms with Crippen molar-refractivity contribution in [2.75, 3.05) is 12.4 Å². The summed E-state index contributed by atoms with van der Waals surface area (Å²) in [6.45, 7) is 0. The van der Waals surface area contributed by atoms with Gasteiger partial charge in [-0.3, -0.25) is 9.20 Å². The fraction of sp³-hybridized carbons (Fsp3) is 0.136. The number of carbonyl (C=O) groups excluding carboxylic acids is 1. The normalized spacial score (nSPS) is 12.5. The van der Waals surface area contributed by atoms with E-state index >= 15 is 0 Å². The Morgan fingerprint density at radius 1 is 1.12 bits per heavy atom. The lowest BCUT2D eigenvalue weighted by molar-refractivity contribution is -0.137. The van der Waals surface area contributed by atoms with Gasteiger partial charge in [-0.1, -0.05) is 59.8 Å². The van der Waals surface area contributed by atoms with E-state index in [0.717, 1.165) is 28.4 Å². The Bertz CT molecular complexity index is 1300. The van der Waals surface area contributed by atoms with Gasteiger partial charge < -0.3 is 10.1 Å². The summed E-state index contributed by atoms with van der Waals surface area (Å²) in [7, 11) is 1.51. The highest BCUT2D eigenvalue weighted by Gasteiger charge is 2.33. The Balaban J connectivity index is 1.71. The highest BCUT2D eigenvalue weighted by molar-refractivity contribution is 8.00. The summed E-state index contributed by atoms with van der Waals surface area (Å²) >= 11 is 6.97. The third-order valence-corrected chi connectivity index (χ3v) is 6.15. The molecule has 170 valence electrons.